The SMILES string of the molecule is O=C(O)CC1CCN(Cc2ccc([N+](=O)[O-])c(C(=O)NC3CCOCC3)c2)CC1. The van der Waals surface area contributed by atoms with E-state index in [1.807, 2.05) is 0 Å². The zero-order chi connectivity index (χ0) is 20.8. The molecule has 1 aromatic rings. The van der Waals surface area contributed by atoms with E-state index < -0.39 is 16.8 Å². The minimum Gasteiger partial charge on any atom is -0.481 e. The first-order valence-corrected chi connectivity index (χ1v) is 10.0. The molecule has 0 aliphatic carbocycles. The molecular weight excluding hydrogens is 378 g/mol. The fraction of sp³-hybridized carbons (Fsp3) is 0.600. The second kappa shape index (κ2) is 9.80. The Morgan fingerprint density at radius 3 is 2.52 bits per heavy atom. The van der Waals surface area contributed by atoms with Gasteiger partial charge < -0.3 is 15.2 Å². The standard InChI is InChI=1S/C20H27N3O6/c24-19(25)12-14-3-7-22(8-4-14)13-15-1-2-18(23(27)28)17(11-15)20(26)21-16-5-9-29-10-6-16/h1-2,11,14,16H,3-10,12-13H2,(H,21,26)(H,24,25). The summed E-state index contributed by atoms with van der Waals surface area (Å²) >= 11 is 0. The average Bonchev–Trinajstić information content (AvgIpc) is 2.69. The van der Waals surface area contributed by atoms with Crippen LogP contribution >= 0.6 is 0 Å². The maximum absolute atomic E-state index is 12.7. The number of amides is 1. The average molecular weight is 405 g/mol. The van der Waals surface area contributed by atoms with E-state index in [1.165, 1.54) is 6.07 Å². The predicted molar refractivity (Wildman–Crippen MR) is 105 cm³/mol. The maximum atomic E-state index is 12.7. The number of ether oxygens (including phenoxy) is 1. The second-order valence-electron chi connectivity index (χ2n) is 7.79. The molecule has 1 amide bonds. The number of nitrogens with zero attached hydrogens (tertiary/aromatic N) is 2. The molecule has 2 saturated heterocycles. The highest BCUT2D eigenvalue weighted by Gasteiger charge is 2.25. The van der Waals surface area contributed by atoms with Crippen LogP contribution in [0.2, 0.25) is 0 Å². The van der Waals surface area contributed by atoms with Crippen LogP contribution in [-0.2, 0) is 16.1 Å². The third kappa shape index (κ3) is 5.98. The van der Waals surface area contributed by atoms with Crippen LogP contribution in [0.1, 0.15) is 48.0 Å². The van der Waals surface area contributed by atoms with Crippen molar-refractivity contribution >= 4 is 17.6 Å². The summed E-state index contributed by atoms with van der Waals surface area (Å²) in [6, 6.07) is 4.65. The summed E-state index contributed by atoms with van der Waals surface area (Å²) in [6.45, 7) is 3.28. The number of carbonyl (C=O) groups excluding carboxylic acids is 1. The van der Waals surface area contributed by atoms with Crippen molar-refractivity contribution in [3.05, 3.63) is 39.4 Å². The molecule has 2 N–H and O–H groups in total. The molecule has 0 saturated carbocycles. The lowest BCUT2D eigenvalue weighted by molar-refractivity contribution is -0.385. The van der Waals surface area contributed by atoms with E-state index in [2.05, 4.69) is 10.2 Å². The first-order chi connectivity index (χ1) is 13.9. The topological polar surface area (TPSA) is 122 Å². The van der Waals surface area contributed by atoms with Gasteiger partial charge in [-0.1, -0.05) is 6.07 Å². The quantitative estimate of drug-likeness (QED) is 0.527. The number of piperidine rings is 1. The van der Waals surface area contributed by atoms with E-state index in [9.17, 15) is 19.7 Å². The van der Waals surface area contributed by atoms with E-state index in [4.69, 9.17) is 9.84 Å². The van der Waals surface area contributed by atoms with Gasteiger partial charge in [0.15, 0.2) is 0 Å². The van der Waals surface area contributed by atoms with Crippen molar-refractivity contribution in [1.82, 2.24) is 10.2 Å². The van der Waals surface area contributed by atoms with Gasteiger partial charge in [0.2, 0.25) is 0 Å². The van der Waals surface area contributed by atoms with E-state index in [0.717, 1.165) is 31.5 Å². The number of hydrogen-bond donors (Lipinski definition) is 2. The van der Waals surface area contributed by atoms with Crippen molar-refractivity contribution in [1.29, 1.82) is 0 Å². The van der Waals surface area contributed by atoms with Crippen LogP contribution in [-0.4, -0.2) is 59.2 Å². The lowest BCUT2D eigenvalue weighted by Gasteiger charge is -2.31. The van der Waals surface area contributed by atoms with Crippen molar-refractivity contribution in [3.63, 3.8) is 0 Å². The lowest BCUT2D eigenvalue weighted by atomic mass is 9.93. The van der Waals surface area contributed by atoms with Crippen LogP contribution < -0.4 is 5.32 Å². The van der Waals surface area contributed by atoms with Gasteiger partial charge in [-0.25, -0.2) is 0 Å². The van der Waals surface area contributed by atoms with E-state index in [0.29, 0.717) is 32.6 Å². The lowest BCUT2D eigenvalue weighted by Crippen LogP contribution is -2.39. The molecule has 0 atom stereocenters. The molecule has 2 aliphatic rings. The number of carboxylic acids is 1. The Bertz CT molecular complexity index is 755. The minimum atomic E-state index is -0.765. The highest BCUT2D eigenvalue weighted by Crippen LogP contribution is 2.25. The Kier molecular flexibility index (Phi) is 7.16. The van der Waals surface area contributed by atoms with Crippen LogP contribution in [0.3, 0.4) is 0 Å². The highest BCUT2D eigenvalue weighted by atomic mass is 16.6. The van der Waals surface area contributed by atoms with Crippen molar-refractivity contribution in [2.45, 2.75) is 44.7 Å². The second-order valence-corrected chi connectivity index (χ2v) is 7.79. The molecule has 9 nitrogen and oxygen atoms in total. The Hall–Kier alpha value is -2.52. The molecule has 0 bridgehead atoms. The van der Waals surface area contributed by atoms with Crippen LogP contribution in [0.15, 0.2) is 18.2 Å². The van der Waals surface area contributed by atoms with Crippen molar-refractivity contribution < 1.29 is 24.4 Å². The Morgan fingerprint density at radius 2 is 1.90 bits per heavy atom. The number of nitro benzene ring substituents is 1. The van der Waals surface area contributed by atoms with Gasteiger partial charge in [0.25, 0.3) is 11.6 Å². The molecule has 2 aliphatic heterocycles. The van der Waals surface area contributed by atoms with Gasteiger partial charge in [0.1, 0.15) is 5.56 Å². The fourth-order valence-corrected chi connectivity index (χ4v) is 3.98. The third-order valence-corrected chi connectivity index (χ3v) is 5.64. The van der Waals surface area contributed by atoms with Gasteiger partial charge in [0, 0.05) is 38.3 Å². The van der Waals surface area contributed by atoms with Crippen LogP contribution in [0, 0.1) is 16.0 Å². The molecular formula is C20H27N3O6. The molecule has 1 aromatic carbocycles. The number of hydrogen-bond acceptors (Lipinski definition) is 6. The summed E-state index contributed by atoms with van der Waals surface area (Å²) < 4.78 is 5.28. The van der Waals surface area contributed by atoms with Gasteiger partial charge in [-0.15, -0.1) is 0 Å². The molecule has 158 valence electrons. The molecule has 0 aromatic heterocycles. The van der Waals surface area contributed by atoms with Crippen molar-refractivity contribution in [3.8, 4) is 0 Å². The monoisotopic (exact) mass is 405 g/mol. The Balaban J connectivity index is 1.66. The molecule has 0 unspecified atom stereocenters. The van der Waals surface area contributed by atoms with Gasteiger partial charge >= 0.3 is 5.97 Å². The summed E-state index contributed by atoms with van der Waals surface area (Å²) in [4.78, 5) is 36.6. The highest BCUT2D eigenvalue weighted by molar-refractivity contribution is 5.98. The zero-order valence-electron chi connectivity index (χ0n) is 16.3. The Morgan fingerprint density at radius 1 is 1.21 bits per heavy atom. The summed E-state index contributed by atoms with van der Waals surface area (Å²) in [5.41, 5.74) is 0.725. The molecule has 3 rings (SSSR count). The fourth-order valence-electron chi connectivity index (χ4n) is 3.98. The van der Waals surface area contributed by atoms with Crippen molar-refractivity contribution in [2.24, 2.45) is 5.92 Å². The number of rotatable bonds is 7. The predicted octanol–water partition coefficient (Wildman–Crippen LogP) is 2.19. The molecule has 2 heterocycles. The number of carbonyl (C=O) groups is 2. The van der Waals surface area contributed by atoms with E-state index >= 15 is 0 Å². The van der Waals surface area contributed by atoms with E-state index in [1.54, 1.807) is 12.1 Å². The van der Waals surface area contributed by atoms with Crippen LogP contribution in [0.25, 0.3) is 0 Å². The van der Waals surface area contributed by atoms with Crippen LogP contribution in [0.5, 0.6) is 0 Å². The first kappa shape index (κ1) is 21.2. The van der Waals surface area contributed by atoms with Gasteiger partial charge in [0.05, 0.1) is 4.92 Å². The third-order valence-electron chi connectivity index (χ3n) is 5.64. The zero-order valence-corrected chi connectivity index (χ0v) is 16.3. The van der Waals surface area contributed by atoms with Gasteiger partial charge in [-0.05, 0) is 56.3 Å². The van der Waals surface area contributed by atoms with Gasteiger partial charge in [-0.3, -0.25) is 24.6 Å². The van der Waals surface area contributed by atoms with Gasteiger partial charge in [-0.2, -0.15) is 0 Å². The normalized spacial score (nSPS) is 19.0. The molecule has 29 heavy (non-hydrogen) atoms. The van der Waals surface area contributed by atoms with Crippen molar-refractivity contribution in [2.75, 3.05) is 26.3 Å². The van der Waals surface area contributed by atoms with Crippen LogP contribution in [0.4, 0.5) is 5.69 Å². The number of nitrogens with one attached hydrogen (secondary N) is 1. The number of carboxylic acid groups (broad SMARTS) is 1. The largest absolute Gasteiger partial charge is 0.481 e. The Labute approximate surface area is 169 Å². The molecule has 0 radical (unpaired) electrons. The summed E-state index contributed by atoms with van der Waals surface area (Å²) in [6.07, 6.45) is 3.23. The first-order valence-electron chi connectivity index (χ1n) is 10.0. The summed E-state index contributed by atoms with van der Waals surface area (Å²) in [5, 5.41) is 23.2. The number of aliphatic carboxylic acids is 1. The molecule has 0 spiro atoms. The number of nitro groups is 1. The summed E-state index contributed by atoms with van der Waals surface area (Å²) in [5.74, 6) is -0.994. The molecule has 9 heteroatoms. The maximum Gasteiger partial charge on any atom is 0.303 e. The van der Waals surface area contributed by atoms with E-state index in [-0.39, 0.29) is 29.6 Å². The smallest absolute Gasteiger partial charge is 0.303 e. The molecule has 2 fully saturated rings. The summed E-state index contributed by atoms with van der Waals surface area (Å²) in [7, 11) is 0. The minimum absolute atomic E-state index is 0.0345. The number of benzene rings is 1. The number of likely N-dealkylation sites (tertiary alicyclic amines) is 1.